The lowest BCUT2D eigenvalue weighted by molar-refractivity contribution is -0.131. The summed E-state index contributed by atoms with van der Waals surface area (Å²) in [5, 5.41) is 2.99. The minimum atomic E-state index is -0.565. The van der Waals surface area contributed by atoms with Gasteiger partial charge in [0.25, 0.3) is 0 Å². The van der Waals surface area contributed by atoms with E-state index in [0.717, 1.165) is 11.6 Å². The minimum absolute atomic E-state index is 0.00470. The lowest BCUT2D eigenvalue weighted by Gasteiger charge is -2.26. The molecular weight excluding hydrogens is 324 g/mol. The summed E-state index contributed by atoms with van der Waals surface area (Å²) < 4.78 is 16.1. The quantitative estimate of drug-likeness (QED) is 0.860. The van der Waals surface area contributed by atoms with Crippen LogP contribution in [0.15, 0.2) is 35.2 Å². The Morgan fingerprint density at radius 3 is 3.24 bits per heavy atom. The number of amides is 1. The van der Waals surface area contributed by atoms with Crippen molar-refractivity contribution in [3.63, 3.8) is 0 Å². The lowest BCUT2D eigenvalue weighted by Crippen LogP contribution is -2.46. The van der Waals surface area contributed by atoms with E-state index in [0.29, 0.717) is 38.7 Å². The fraction of sp³-hybridized carbons (Fsp3) is 0.471. The third-order valence-electron chi connectivity index (χ3n) is 4.99. The summed E-state index contributed by atoms with van der Waals surface area (Å²) in [4.78, 5) is 23.4. The highest BCUT2D eigenvalue weighted by Crippen LogP contribution is 2.43. The number of ether oxygens (including phenoxy) is 2. The van der Waals surface area contributed by atoms with E-state index in [2.05, 4.69) is 20.2 Å². The molecule has 0 radical (unpaired) electrons. The Bertz CT molecular complexity index is 751. The van der Waals surface area contributed by atoms with E-state index in [9.17, 15) is 4.79 Å². The van der Waals surface area contributed by atoms with Crippen LogP contribution in [0.1, 0.15) is 5.76 Å². The third-order valence-corrected chi connectivity index (χ3v) is 4.99. The maximum atomic E-state index is 12.9. The molecule has 2 aromatic rings. The first kappa shape index (κ1) is 15.9. The van der Waals surface area contributed by atoms with E-state index in [1.165, 1.54) is 6.33 Å². The van der Waals surface area contributed by atoms with Crippen LogP contribution in [0.25, 0.3) is 0 Å². The zero-order valence-corrected chi connectivity index (χ0v) is 14.0. The van der Waals surface area contributed by atoms with Gasteiger partial charge in [-0.15, -0.1) is 0 Å². The van der Waals surface area contributed by atoms with Crippen LogP contribution in [-0.2, 0) is 16.1 Å². The van der Waals surface area contributed by atoms with Gasteiger partial charge in [0.2, 0.25) is 11.8 Å². The fourth-order valence-corrected chi connectivity index (χ4v) is 3.60. The van der Waals surface area contributed by atoms with Gasteiger partial charge in [0.05, 0.1) is 38.5 Å². The molecule has 4 rings (SSSR count). The molecule has 2 aliphatic rings. The number of nitrogens with zero attached hydrogens (tertiary/aromatic N) is 3. The molecule has 8 nitrogen and oxygen atoms in total. The van der Waals surface area contributed by atoms with Crippen molar-refractivity contribution in [1.82, 2.24) is 15.3 Å². The summed E-state index contributed by atoms with van der Waals surface area (Å²) in [6, 6.07) is 5.44. The standard InChI is InChI=1S/C17H20N4O4/c1-23-15-5-14(19-11-20-15)21-7-12-8-24-10-17(12,9-21)16(22)18-6-13-3-2-4-25-13/h2-5,11-12H,6-10H2,1H3,(H,18,22)/t12-,17-/m1/s1. The number of hydrogen-bond donors (Lipinski definition) is 1. The SMILES string of the molecule is COc1cc(N2C[C@@H]3COC[C@]3(C(=O)NCc3ccco3)C2)ncn1. The van der Waals surface area contributed by atoms with Crippen molar-refractivity contribution in [2.45, 2.75) is 6.54 Å². The second-order valence-corrected chi connectivity index (χ2v) is 6.43. The Morgan fingerprint density at radius 1 is 1.52 bits per heavy atom. The van der Waals surface area contributed by atoms with Gasteiger partial charge in [0, 0.05) is 25.1 Å². The maximum absolute atomic E-state index is 12.9. The van der Waals surface area contributed by atoms with Gasteiger partial charge in [-0.3, -0.25) is 4.79 Å². The molecule has 8 heteroatoms. The van der Waals surface area contributed by atoms with Gasteiger partial charge in [-0.2, -0.15) is 0 Å². The molecule has 2 saturated heterocycles. The first-order chi connectivity index (χ1) is 12.2. The van der Waals surface area contributed by atoms with Gasteiger partial charge in [0.15, 0.2) is 0 Å². The molecule has 2 aromatic heterocycles. The number of nitrogens with one attached hydrogen (secondary N) is 1. The van der Waals surface area contributed by atoms with Crippen LogP contribution < -0.4 is 15.0 Å². The van der Waals surface area contributed by atoms with Crippen molar-refractivity contribution in [2.75, 3.05) is 38.3 Å². The number of furan rings is 1. The van der Waals surface area contributed by atoms with E-state index in [4.69, 9.17) is 13.9 Å². The second-order valence-electron chi connectivity index (χ2n) is 6.43. The van der Waals surface area contributed by atoms with E-state index in [1.807, 2.05) is 6.07 Å². The number of methoxy groups -OCH3 is 1. The maximum Gasteiger partial charge on any atom is 0.231 e. The van der Waals surface area contributed by atoms with Gasteiger partial charge in [0.1, 0.15) is 17.9 Å². The largest absolute Gasteiger partial charge is 0.481 e. The molecule has 1 amide bonds. The highest BCUT2D eigenvalue weighted by Gasteiger charge is 2.56. The van der Waals surface area contributed by atoms with Crippen LogP contribution in [0.5, 0.6) is 5.88 Å². The Labute approximate surface area is 145 Å². The average Bonchev–Trinajstić information content (AvgIpc) is 3.35. The highest BCUT2D eigenvalue weighted by molar-refractivity contribution is 5.85. The van der Waals surface area contributed by atoms with Crippen molar-refractivity contribution in [2.24, 2.45) is 11.3 Å². The lowest BCUT2D eigenvalue weighted by atomic mass is 9.80. The zero-order chi connectivity index (χ0) is 17.3. The van der Waals surface area contributed by atoms with Gasteiger partial charge in [-0.1, -0.05) is 0 Å². The number of carbonyl (C=O) groups excluding carboxylic acids is 1. The smallest absolute Gasteiger partial charge is 0.231 e. The summed E-state index contributed by atoms with van der Waals surface area (Å²) in [6.07, 6.45) is 3.07. The number of carbonyl (C=O) groups is 1. The fourth-order valence-electron chi connectivity index (χ4n) is 3.60. The Hall–Kier alpha value is -2.61. The van der Waals surface area contributed by atoms with E-state index in [1.54, 1.807) is 25.5 Å². The molecule has 0 bridgehead atoms. The van der Waals surface area contributed by atoms with E-state index < -0.39 is 5.41 Å². The molecule has 0 aliphatic carbocycles. The molecule has 0 spiro atoms. The van der Waals surface area contributed by atoms with Crippen molar-refractivity contribution in [3.05, 3.63) is 36.5 Å². The van der Waals surface area contributed by atoms with Crippen molar-refractivity contribution in [3.8, 4) is 5.88 Å². The van der Waals surface area contributed by atoms with Crippen LogP contribution in [0.2, 0.25) is 0 Å². The summed E-state index contributed by atoms with van der Waals surface area (Å²) in [5.41, 5.74) is -0.565. The normalized spacial score (nSPS) is 25.0. The Balaban J connectivity index is 1.50. The highest BCUT2D eigenvalue weighted by atomic mass is 16.5. The average molecular weight is 344 g/mol. The molecule has 0 saturated carbocycles. The minimum Gasteiger partial charge on any atom is -0.481 e. The molecule has 0 unspecified atom stereocenters. The van der Waals surface area contributed by atoms with E-state index >= 15 is 0 Å². The van der Waals surface area contributed by atoms with Crippen LogP contribution in [0.4, 0.5) is 5.82 Å². The monoisotopic (exact) mass is 344 g/mol. The van der Waals surface area contributed by atoms with Crippen LogP contribution >= 0.6 is 0 Å². The van der Waals surface area contributed by atoms with E-state index in [-0.39, 0.29) is 11.8 Å². The summed E-state index contributed by atoms with van der Waals surface area (Å²) in [7, 11) is 1.57. The summed E-state index contributed by atoms with van der Waals surface area (Å²) in [6.45, 7) is 2.64. The van der Waals surface area contributed by atoms with Crippen LogP contribution in [0.3, 0.4) is 0 Å². The Morgan fingerprint density at radius 2 is 2.44 bits per heavy atom. The predicted molar refractivity (Wildman–Crippen MR) is 88.1 cm³/mol. The zero-order valence-electron chi connectivity index (χ0n) is 14.0. The number of hydrogen-bond acceptors (Lipinski definition) is 7. The number of rotatable bonds is 5. The van der Waals surface area contributed by atoms with Gasteiger partial charge < -0.3 is 24.1 Å². The predicted octanol–water partition coefficient (Wildman–Crippen LogP) is 0.847. The van der Waals surface area contributed by atoms with Gasteiger partial charge in [-0.05, 0) is 12.1 Å². The van der Waals surface area contributed by atoms with Gasteiger partial charge >= 0.3 is 0 Å². The molecule has 132 valence electrons. The molecular formula is C17H20N4O4. The number of fused-ring (bicyclic) bond motifs is 1. The molecule has 2 atom stereocenters. The third kappa shape index (κ3) is 2.82. The second kappa shape index (κ2) is 6.36. The molecule has 2 fully saturated rings. The molecule has 25 heavy (non-hydrogen) atoms. The first-order valence-electron chi connectivity index (χ1n) is 8.21. The van der Waals surface area contributed by atoms with Crippen molar-refractivity contribution < 1.29 is 18.7 Å². The van der Waals surface area contributed by atoms with Crippen molar-refractivity contribution >= 4 is 11.7 Å². The number of aromatic nitrogens is 2. The van der Waals surface area contributed by atoms with Crippen LogP contribution in [-0.4, -0.2) is 49.3 Å². The Kier molecular flexibility index (Phi) is 4.04. The molecule has 2 aliphatic heterocycles. The summed E-state index contributed by atoms with van der Waals surface area (Å²) in [5.74, 6) is 2.13. The number of anilines is 1. The van der Waals surface area contributed by atoms with Crippen LogP contribution in [0, 0.1) is 11.3 Å². The molecule has 0 aromatic carbocycles. The molecule has 1 N–H and O–H groups in total. The van der Waals surface area contributed by atoms with Crippen molar-refractivity contribution in [1.29, 1.82) is 0 Å². The molecule has 4 heterocycles. The van der Waals surface area contributed by atoms with Gasteiger partial charge in [-0.25, -0.2) is 9.97 Å². The summed E-state index contributed by atoms with van der Waals surface area (Å²) >= 11 is 0. The topological polar surface area (TPSA) is 89.7 Å². The first-order valence-corrected chi connectivity index (χ1v) is 8.21.